The molecule has 0 aromatic carbocycles. The van der Waals surface area contributed by atoms with Gasteiger partial charge < -0.3 is 4.74 Å². The van der Waals surface area contributed by atoms with Gasteiger partial charge in [-0.2, -0.15) is 9.97 Å². The van der Waals surface area contributed by atoms with Gasteiger partial charge in [-0.25, -0.2) is 4.98 Å². The van der Waals surface area contributed by atoms with Crippen molar-refractivity contribution < 1.29 is 4.74 Å². The average Bonchev–Trinajstić information content (AvgIpc) is 2.18. The van der Waals surface area contributed by atoms with Crippen LogP contribution in [0, 0.1) is 6.92 Å². The Morgan fingerprint density at radius 1 is 1.07 bits per heavy atom. The second-order valence-corrected chi connectivity index (χ2v) is 3.47. The number of rotatable bonds is 6. The standard InChI is InChI=1S/C11H19N3O/c1-4-6-7-8-10-12-9(3)13-11(14-10)15-5-2/h4-8H2,1-3H3. The van der Waals surface area contributed by atoms with E-state index in [0.29, 0.717) is 12.6 Å². The van der Waals surface area contributed by atoms with Gasteiger partial charge in [0, 0.05) is 6.42 Å². The molecule has 0 spiro atoms. The zero-order chi connectivity index (χ0) is 11.1. The van der Waals surface area contributed by atoms with Crippen LogP contribution in [0.15, 0.2) is 0 Å². The highest BCUT2D eigenvalue weighted by atomic mass is 16.5. The summed E-state index contributed by atoms with van der Waals surface area (Å²) in [6.45, 7) is 6.57. The van der Waals surface area contributed by atoms with Crippen molar-refractivity contribution in [2.24, 2.45) is 0 Å². The highest BCUT2D eigenvalue weighted by molar-refractivity contribution is 5.00. The van der Waals surface area contributed by atoms with Gasteiger partial charge in [0.25, 0.3) is 0 Å². The highest BCUT2D eigenvalue weighted by Gasteiger charge is 2.03. The number of ether oxygens (including phenoxy) is 1. The van der Waals surface area contributed by atoms with Gasteiger partial charge in [0.05, 0.1) is 6.61 Å². The Balaban J connectivity index is 2.62. The zero-order valence-corrected chi connectivity index (χ0v) is 9.79. The van der Waals surface area contributed by atoms with E-state index in [9.17, 15) is 0 Å². The average molecular weight is 209 g/mol. The Morgan fingerprint density at radius 3 is 2.53 bits per heavy atom. The molecule has 84 valence electrons. The molecular formula is C11H19N3O. The van der Waals surface area contributed by atoms with Gasteiger partial charge in [-0.1, -0.05) is 19.8 Å². The molecule has 0 aliphatic rings. The fourth-order valence-corrected chi connectivity index (χ4v) is 1.35. The molecule has 0 atom stereocenters. The molecule has 1 aromatic rings. The van der Waals surface area contributed by atoms with Crippen LogP contribution in [0.5, 0.6) is 6.01 Å². The highest BCUT2D eigenvalue weighted by Crippen LogP contribution is 2.07. The molecule has 0 saturated heterocycles. The summed E-state index contributed by atoms with van der Waals surface area (Å²) in [5.74, 6) is 1.58. The summed E-state index contributed by atoms with van der Waals surface area (Å²) in [5, 5.41) is 0. The molecule has 0 saturated carbocycles. The second-order valence-electron chi connectivity index (χ2n) is 3.47. The summed E-state index contributed by atoms with van der Waals surface area (Å²) < 4.78 is 5.27. The lowest BCUT2D eigenvalue weighted by Crippen LogP contribution is -2.05. The van der Waals surface area contributed by atoms with E-state index < -0.39 is 0 Å². The molecule has 0 N–H and O–H groups in total. The summed E-state index contributed by atoms with van der Waals surface area (Å²) >= 11 is 0. The van der Waals surface area contributed by atoms with E-state index in [1.165, 1.54) is 12.8 Å². The van der Waals surface area contributed by atoms with Crippen molar-refractivity contribution in [1.82, 2.24) is 15.0 Å². The number of nitrogens with zero attached hydrogens (tertiary/aromatic N) is 3. The van der Waals surface area contributed by atoms with Gasteiger partial charge in [0.2, 0.25) is 0 Å². The first-order chi connectivity index (χ1) is 7.26. The number of unbranched alkanes of at least 4 members (excludes halogenated alkanes) is 2. The molecule has 0 radical (unpaired) electrons. The van der Waals surface area contributed by atoms with Crippen molar-refractivity contribution in [1.29, 1.82) is 0 Å². The Bertz CT molecular complexity index is 302. The van der Waals surface area contributed by atoms with Crippen molar-refractivity contribution in [2.45, 2.75) is 46.5 Å². The minimum absolute atomic E-state index is 0.455. The summed E-state index contributed by atoms with van der Waals surface area (Å²) in [6, 6.07) is 0.455. The van der Waals surface area contributed by atoms with Crippen molar-refractivity contribution in [3.05, 3.63) is 11.6 Å². The van der Waals surface area contributed by atoms with Crippen molar-refractivity contribution in [3.63, 3.8) is 0 Å². The van der Waals surface area contributed by atoms with E-state index in [0.717, 1.165) is 24.5 Å². The van der Waals surface area contributed by atoms with E-state index in [-0.39, 0.29) is 0 Å². The smallest absolute Gasteiger partial charge is 0.319 e. The minimum Gasteiger partial charge on any atom is -0.464 e. The third-order valence-electron chi connectivity index (χ3n) is 2.05. The first-order valence-corrected chi connectivity index (χ1v) is 5.60. The fraction of sp³-hybridized carbons (Fsp3) is 0.727. The van der Waals surface area contributed by atoms with E-state index in [1.807, 2.05) is 13.8 Å². The van der Waals surface area contributed by atoms with Crippen LogP contribution >= 0.6 is 0 Å². The first kappa shape index (κ1) is 11.9. The SMILES string of the molecule is CCCCCc1nc(C)nc(OCC)n1. The van der Waals surface area contributed by atoms with Crippen LogP contribution in [0.25, 0.3) is 0 Å². The molecule has 1 heterocycles. The summed E-state index contributed by atoms with van der Waals surface area (Å²) in [4.78, 5) is 12.6. The molecule has 0 unspecified atom stereocenters. The third kappa shape index (κ3) is 4.23. The summed E-state index contributed by atoms with van der Waals surface area (Å²) in [6.07, 6.45) is 4.47. The van der Waals surface area contributed by atoms with Crippen molar-refractivity contribution >= 4 is 0 Å². The quantitative estimate of drug-likeness (QED) is 0.674. The van der Waals surface area contributed by atoms with Crippen LogP contribution in [-0.2, 0) is 6.42 Å². The van der Waals surface area contributed by atoms with E-state index in [1.54, 1.807) is 0 Å². The van der Waals surface area contributed by atoms with Crippen molar-refractivity contribution in [3.8, 4) is 6.01 Å². The molecule has 0 amide bonds. The maximum absolute atomic E-state index is 5.27. The molecule has 0 aliphatic carbocycles. The predicted octanol–water partition coefficient (Wildman–Crippen LogP) is 2.31. The van der Waals surface area contributed by atoms with Gasteiger partial charge >= 0.3 is 6.01 Å². The molecule has 1 aromatic heterocycles. The second kappa shape index (κ2) is 6.32. The molecule has 4 heteroatoms. The molecule has 0 fully saturated rings. The molecule has 0 aliphatic heterocycles. The minimum atomic E-state index is 0.455. The van der Waals surface area contributed by atoms with Crippen LogP contribution in [-0.4, -0.2) is 21.6 Å². The first-order valence-electron chi connectivity index (χ1n) is 5.60. The monoisotopic (exact) mass is 209 g/mol. The summed E-state index contributed by atoms with van der Waals surface area (Å²) in [5.41, 5.74) is 0. The third-order valence-corrected chi connectivity index (χ3v) is 2.05. The van der Waals surface area contributed by atoms with E-state index in [2.05, 4.69) is 21.9 Å². The molecule has 15 heavy (non-hydrogen) atoms. The van der Waals surface area contributed by atoms with Crippen LogP contribution in [0.2, 0.25) is 0 Å². The Hall–Kier alpha value is -1.19. The van der Waals surface area contributed by atoms with Crippen LogP contribution in [0.4, 0.5) is 0 Å². The number of hydrogen-bond acceptors (Lipinski definition) is 4. The normalized spacial score (nSPS) is 10.3. The zero-order valence-electron chi connectivity index (χ0n) is 9.79. The Morgan fingerprint density at radius 2 is 1.87 bits per heavy atom. The molecule has 1 rings (SSSR count). The maximum atomic E-state index is 5.27. The molecule has 0 bridgehead atoms. The fourth-order valence-electron chi connectivity index (χ4n) is 1.35. The summed E-state index contributed by atoms with van der Waals surface area (Å²) in [7, 11) is 0. The predicted molar refractivity (Wildman–Crippen MR) is 59.0 cm³/mol. The van der Waals surface area contributed by atoms with E-state index >= 15 is 0 Å². The number of aryl methyl sites for hydroxylation is 2. The van der Waals surface area contributed by atoms with Crippen LogP contribution in [0.1, 0.15) is 44.8 Å². The number of aromatic nitrogens is 3. The Kier molecular flexibility index (Phi) is 5.01. The number of hydrogen-bond donors (Lipinski definition) is 0. The van der Waals surface area contributed by atoms with Gasteiger partial charge in [-0.3, -0.25) is 0 Å². The van der Waals surface area contributed by atoms with Crippen LogP contribution < -0.4 is 4.74 Å². The lowest BCUT2D eigenvalue weighted by molar-refractivity contribution is 0.308. The topological polar surface area (TPSA) is 47.9 Å². The largest absolute Gasteiger partial charge is 0.464 e. The van der Waals surface area contributed by atoms with Gasteiger partial charge in [0.1, 0.15) is 11.6 Å². The van der Waals surface area contributed by atoms with Gasteiger partial charge in [-0.15, -0.1) is 0 Å². The van der Waals surface area contributed by atoms with Crippen molar-refractivity contribution in [2.75, 3.05) is 6.61 Å². The Labute approximate surface area is 91.1 Å². The van der Waals surface area contributed by atoms with E-state index in [4.69, 9.17) is 4.74 Å². The van der Waals surface area contributed by atoms with Gasteiger partial charge in [0.15, 0.2) is 0 Å². The molecular weight excluding hydrogens is 190 g/mol. The lowest BCUT2D eigenvalue weighted by Gasteiger charge is -2.04. The maximum Gasteiger partial charge on any atom is 0.319 e. The lowest BCUT2D eigenvalue weighted by atomic mass is 10.2. The van der Waals surface area contributed by atoms with Crippen LogP contribution in [0.3, 0.4) is 0 Å². The van der Waals surface area contributed by atoms with Gasteiger partial charge in [-0.05, 0) is 20.3 Å². The molecule has 4 nitrogen and oxygen atoms in total.